The van der Waals surface area contributed by atoms with Gasteiger partial charge < -0.3 is 0 Å². The van der Waals surface area contributed by atoms with Crippen LogP contribution >= 0.6 is 0 Å². The molecule has 0 radical (unpaired) electrons. The predicted molar refractivity (Wildman–Crippen MR) is 48.2 cm³/mol. The van der Waals surface area contributed by atoms with Crippen LogP contribution in [-0.2, 0) is 0 Å². The van der Waals surface area contributed by atoms with E-state index in [9.17, 15) is 4.39 Å². The van der Waals surface area contributed by atoms with Crippen LogP contribution in [0.5, 0.6) is 0 Å². The highest BCUT2D eigenvalue weighted by Gasteiger charge is 1.98. The van der Waals surface area contributed by atoms with E-state index in [1.807, 2.05) is 6.07 Å². The van der Waals surface area contributed by atoms with Crippen molar-refractivity contribution in [1.29, 1.82) is 5.26 Å². The van der Waals surface area contributed by atoms with E-state index in [1.54, 1.807) is 19.1 Å². The van der Waals surface area contributed by atoms with E-state index in [-0.39, 0.29) is 12.2 Å². The fourth-order valence-electron chi connectivity index (χ4n) is 0.922. The molecule has 64 valence electrons. The van der Waals surface area contributed by atoms with Crippen LogP contribution in [0.2, 0.25) is 0 Å². The van der Waals surface area contributed by atoms with Crippen LogP contribution in [-0.4, -0.2) is 0 Å². The third kappa shape index (κ3) is 2.32. The SMILES string of the molecule is Cc1c(F)cccc1C#CCC#N. The normalized spacial score (nSPS) is 8.38. The van der Waals surface area contributed by atoms with Crippen molar-refractivity contribution in [3.63, 3.8) is 0 Å². The van der Waals surface area contributed by atoms with E-state index >= 15 is 0 Å². The van der Waals surface area contributed by atoms with Crippen LogP contribution in [0.4, 0.5) is 4.39 Å². The number of halogens is 1. The summed E-state index contributed by atoms with van der Waals surface area (Å²) in [6, 6.07) is 6.65. The molecule has 0 saturated carbocycles. The van der Waals surface area contributed by atoms with Gasteiger partial charge in [0.15, 0.2) is 0 Å². The minimum Gasteiger partial charge on any atom is -0.207 e. The summed E-state index contributed by atoms with van der Waals surface area (Å²) in [7, 11) is 0. The number of hydrogen-bond acceptors (Lipinski definition) is 1. The monoisotopic (exact) mass is 173 g/mol. The van der Waals surface area contributed by atoms with Crippen molar-refractivity contribution in [2.24, 2.45) is 0 Å². The van der Waals surface area contributed by atoms with E-state index in [0.29, 0.717) is 11.1 Å². The summed E-state index contributed by atoms with van der Waals surface area (Å²) in [5.74, 6) is 5.12. The Labute approximate surface area is 76.8 Å². The van der Waals surface area contributed by atoms with Gasteiger partial charge in [-0.25, -0.2) is 4.39 Å². The molecule has 0 aliphatic rings. The van der Waals surface area contributed by atoms with Gasteiger partial charge in [0, 0.05) is 11.1 Å². The fourth-order valence-corrected chi connectivity index (χ4v) is 0.922. The Morgan fingerprint density at radius 1 is 1.46 bits per heavy atom. The van der Waals surface area contributed by atoms with Crippen LogP contribution in [0.1, 0.15) is 17.5 Å². The summed E-state index contributed by atoms with van der Waals surface area (Å²) in [6.45, 7) is 1.67. The second-order valence-corrected chi connectivity index (χ2v) is 2.55. The highest BCUT2D eigenvalue weighted by molar-refractivity contribution is 5.41. The minimum atomic E-state index is -0.260. The zero-order valence-electron chi connectivity index (χ0n) is 7.26. The molecule has 13 heavy (non-hydrogen) atoms. The lowest BCUT2D eigenvalue weighted by atomic mass is 10.1. The molecule has 1 aromatic rings. The molecule has 0 aliphatic heterocycles. The van der Waals surface area contributed by atoms with Crippen LogP contribution in [0, 0.1) is 35.9 Å². The quantitative estimate of drug-likeness (QED) is 0.552. The highest BCUT2D eigenvalue weighted by Crippen LogP contribution is 2.10. The zero-order chi connectivity index (χ0) is 9.68. The van der Waals surface area contributed by atoms with Crippen LogP contribution < -0.4 is 0 Å². The van der Waals surface area contributed by atoms with Gasteiger partial charge in [-0.2, -0.15) is 5.26 Å². The van der Waals surface area contributed by atoms with Crippen LogP contribution in [0.15, 0.2) is 18.2 Å². The molecular formula is C11H8FN. The Kier molecular flexibility index (Phi) is 3.06. The Bertz CT molecular complexity index is 404. The third-order valence-electron chi connectivity index (χ3n) is 1.66. The molecule has 0 heterocycles. The van der Waals surface area contributed by atoms with E-state index in [1.165, 1.54) is 6.07 Å². The summed E-state index contributed by atoms with van der Waals surface area (Å²) >= 11 is 0. The lowest BCUT2D eigenvalue weighted by molar-refractivity contribution is 0.618. The van der Waals surface area contributed by atoms with Gasteiger partial charge >= 0.3 is 0 Å². The van der Waals surface area contributed by atoms with Gasteiger partial charge in [-0.05, 0) is 19.1 Å². The first-order chi connectivity index (χ1) is 6.25. The summed E-state index contributed by atoms with van der Waals surface area (Å²) < 4.78 is 13.0. The average molecular weight is 173 g/mol. The van der Waals surface area contributed by atoms with E-state index in [4.69, 9.17) is 5.26 Å². The minimum absolute atomic E-state index is 0.177. The summed E-state index contributed by atoms with van der Waals surface area (Å²) in [6.07, 6.45) is 0.177. The van der Waals surface area contributed by atoms with Crippen molar-refractivity contribution in [1.82, 2.24) is 0 Å². The maximum absolute atomic E-state index is 13.0. The molecule has 0 N–H and O–H groups in total. The number of rotatable bonds is 0. The Morgan fingerprint density at radius 2 is 2.23 bits per heavy atom. The van der Waals surface area contributed by atoms with E-state index in [2.05, 4.69) is 11.8 Å². The first-order valence-corrected chi connectivity index (χ1v) is 3.86. The number of benzene rings is 1. The lowest BCUT2D eigenvalue weighted by Gasteiger charge is -1.97. The van der Waals surface area contributed by atoms with Crippen molar-refractivity contribution < 1.29 is 4.39 Å². The van der Waals surface area contributed by atoms with Crippen molar-refractivity contribution in [2.45, 2.75) is 13.3 Å². The van der Waals surface area contributed by atoms with Crippen molar-refractivity contribution in [3.05, 3.63) is 35.1 Å². The highest BCUT2D eigenvalue weighted by atomic mass is 19.1. The Balaban J connectivity index is 2.99. The molecule has 0 unspecified atom stereocenters. The number of hydrogen-bond donors (Lipinski definition) is 0. The van der Waals surface area contributed by atoms with Crippen molar-refractivity contribution in [3.8, 4) is 17.9 Å². The molecule has 2 heteroatoms. The molecule has 0 aromatic heterocycles. The topological polar surface area (TPSA) is 23.8 Å². The number of nitriles is 1. The van der Waals surface area contributed by atoms with Gasteiger partial charge in [0.2, 0.25) is 0 Å². The fraction of sp³-hybridized carbons (Fsp3) is 0.182. The van der Waals surface area contributed by atoms with Gasteiger partial charge in [-0.1, -0.05) is 17.9 Å². The second kappa shape index (κ2) is 4.28. The zero-order valence-corrected chi connectivity index (χ0v) is 7.26. The second-order valence-electron chi connectivity index (χ2n) is 2.55. The first-order valence-electron chi connectivity index (χ1n) is 3.86. The summed E-state index contributed by atoms with van der Waals surface area (Å²) in [5.41, 5.74) is 1.18. The van der Waals surface area contributed by atoms with E-state index < -0.39 is 0 Å². The van der Waals surface area contributed by atoms with Crippen molar-refractivity contribution in [2.75, 3.05) is 0 Å². The smallest absolute Gasteiger partial charge is 0.127 e. The maximum Gasteiger partial charge on any atom is 0.127 e. The average Bonchev–Trinajstić information content (AvgIpc) is 2.13. The lowest BCUT2D eigenvalue weighted by Crippen LogP contribution is -1.86. The largest absolute Gasteiger partial charge is 0.207 e. The first kappa shape index (κ1) is 9.29. The number of nitrogens with zero attached hydrogens (tertiary/aromatic N) is 1. The molecule has 0 atom stereocenters. The molecule has 1 rings (SSSR count). The van der Waals surface area contributed by atoms with Crippen molar-refractivity contribution >= 4 is 0 Å². The third-order valence-corrected chi connectivity index (χ3v) is 1.66. The Morgan fingerprint density at radius 3 is 2.92 bits per heavy atom. The molecule has 0 spiro atoms. The van der Waals surface area contributed by atoms with Gasteiger partial charge in [0.05, 0.1) is 12.5 Å². The predicted octanol–water partition coefficient (Wildman–Crippen LogP) is 2.40. The molecule has 1 nitrogen and oxygen atoms in total. The molecule has 0 aliphatic carbocycles. The maximum atomic E-state index is 13.0. The standard InChI is InChI=1S/C11H8FN/c1-9-10(5-2-3-8-13)6-4-7-11(9)12/h4,6-7H,3H2,1H3. The van der Waals surface area contributed by atoms with E-state index in [0.717, 1.165) is 0 Å². The molecule has 1 aromatic carbocycles. The summed E-state index contributed by atoms with van der Waals surface area (Å²) in [5, 5.41) is 8.24. The van der Waals surface area contributed by atoms with Crippen LogP contribution in [0.3, 0.4) is 0 Å². The molecule has 0 amide bonds. The Hall–Kier alpha value is -1.80. The van der Waals surface area contributed by atoms with Gasteiger partial charge in [-0.3, -0.25) is 0 Å². The molecular weight excluding hydrogens is 165 g/mol. The molecule has 0 saturated heterocycles. The van der Waals surface area contributed by atoms with Gasteiger partial charge in [0.25, 0.3) is 0 Å². The molecule has 0 bridgehead atoms. The molecule has 0 fully saturated rings. The van der Waals surface area contributed by atoms with Gasteiger partial charge in [-0.15, -0.1) is 0 Å². The summed E-state index contributed by atoms with van der Waals surface area (Å²) in [4.78, 5) is 0. The van der Waals surface area contributed by atoms with Gasteiger partial charge in [0.1, 0.15) is 5.82 Å². The van der Waals surface area contributed by atoms with Crippen LogP contribution in [0.25, 0.3) is 0 Å².